The van der Waals surface area contributed by atoms with Crippen LogP contribution < -0.4 is 4.90 Å². The molecule has 0 unspecified atom stereocenters. The van der Waals surface area contributed by atoms with E-state index in [1.807, 2.05) is 54.6 Å². The number of amides is 2. The van der Waals surface area contributed by atoms with Crippen LogP contribution in [0, 0.1) is 11.8 Å². The summed E-state index contributed by atoms with van der Waals surface area (Å²) in [7, 11) is 3.02. The molecule has 13 nitrogen and oxygen atoms in total. The van der Waals surface area contributed by atoms with Gasteiger partial charge in [0.05, 0.1) is 13.2 Å². The maximum Gasteiger partial charge on any atom is 0.410 e. The zero-order chi connectivity index (χ0) is 41.1. The number of esters is 3. The Bertz CT molecular complexity index is 1650. The van der Waals surface area contributed by atoms with Crippen LogP contribution in [-0.2, 0) is 55.9 Å². The number of nitrogens with zero attached hydrogens (tertiary/aromatic N) is 3. The minimum absolute atomic E-state index is 0.0270. The second kappa shape index (κ2) is 20.2. The predicted molar refractivity (Wildman–Crippen MR) is 213 cm³/mol. The number of ether oxygens (including phenoxy) is 5. The highest BCUT2D eigenvalue weighted by atomic mass is 16.6. The number of aryl methyl sites for hydroxylation is 1. The molecule has 5 rings (SSSR count). The molecule has 312 valence electrons. The van der Waals surface area contributed by atoms with Gasteiger partial charge < -0.3 is 33.5 Å². The van der Waals surface area contributed by atoms with Crippen molar-refractivity contribution in [1.29, 1.82) is 0 Å². The van der Waals surface area contributed by atoms with E-state index in [4.69, 9.17) is 23.7 Å². The zero-order valence-electron chi connectivity index (χ0n) is 34.5. The van der Waals surface area contributed by atoms with Crippen LogP contribution in [-0.4, -0.2) is 110 Å². The monoisotopic (exact) mass is 791 g/mol. The zero-order valence-corrected chi connectivity index (χ0v) is 34.5. The highest BCUT2D eigenvalue weighted by Gasteiger charge is 2.41. The van der Waals surface area contributed by atoms with E-state index in [1.54, 1.807) is 20.8 Å². The number of likely N-dealkylation sites (N-methyl/N-ethyl adjacent to an activating group) is 2. The summed E-state index contributed by atoms with van der Waals surface area (Å²) in [6.45, 7) is 9.68. The van der Waals surface area contributed by atoms with Crippen LogP contribution in [0.25, 0.3) is 0 Å². The Hall–Kier alpha value is -4.65. The number of carbonyl (C=O) groups is 5. The number of rotatable bonds is 19. The van der Waals surface area contributed by atoms with E-state index < -0.39 is 59.8 Å². The van der Waals surface area contributed by atoms with Gasteiger partial charge in [0.25, 0.3) is 5.91 Å². The van der Waals surface area contributed by atoms with E-state index in [2.05, 4.69) is 4.90 Å². The van der Waals surface area contributed by atoms with Gasteiger partial charge in [-0.1, -0.05) is 68.1 Å². The first-order valence-corrected chi connectivity index (χ1v) is 20.4. The lowest BCUT2D eigenvalue weighted by Crippen LogP contribution is -2.51. The highest BCUT2D eigenvalue weighted by molar-refractivity contribution is 5.90. The Morgan fingerprint density at radius 3 is 2.02 bits per heavy atom. The van der Waals surface area contributed by atoms with E-state index in [1.165, 1.54) is 30.8 Å². The number of morpholine rings is 1. The molecule has 0 radical (unpaired) electrons. The minimum atomic E-state index is -1.28. The number of carbonyl (C=O) groups excluding carboxylic acids is 5. The fraction of sp³-hybridized carbons (Fsp3) is 0.614. The van der Waals surface area contributed by atoms with Gasteiger partial charge in [-0.25, -0.2) is 19.2 Å². The molecular weight excluding hydrogens is 730 g/mol. The van der Waals surface area contributed by atoms with Gasteiger partial charge in [-0.3, -0.25) is 9.69 Å². The lowest BCUT2D eigenvalue weighted by Gasteiger charge is -2.33. The Morgan fingerprint density at radius 2 is 1.40 bits per heavy atom. The first-order valence-electron chi connectivity index (χ1n) is 20.4. The highest BCUT2D eigenvalue weighted by Crippen LogP contribution is 2.36. The van der Waals surface area contributed by atoms with Crippen LogP contribution >= 0.6 is 0 Å². The molecule has 2 aromatic rings. The van der Waals surface area contributed by atoms with Gasteiger partial charge in [0, 0.05) is 32.9 Å². The van der Waals surface area contributed by atoms with Crippen molar-refractivity contribution in [1.82, 2.24) is 9.80 Å². The molecule has 13 heteroatoms. The van der Waals surface area contributed by atoms with Gasteiger partial charge in [0.1, 0.15) is 24.3 Å². The average molecular weight is 792 g/mol. The van der Waals surface area contributed by atoms with Crippen molar-refractivity contribution in [2.24, 2.45) is 11.8 Å². The van der Waals surface area contributed by atoms with Crippen molar-refractivity contribution in [2.75, 3.05) is 45.3 Å². The standard InChI is InChI=1S/C44H61N3O10/c1-30(40(49)54-29-34-10-8-7-9-11-34)55-42(51)37(28-33-14-15-33)45(5)39(48)38(23-19-32-16-20-35(21-17-32)47-24-26-53-27-25-47)56-41(50)36(22-18-31-12-13-31)46(6)43(52)57-44(2,3)4/h7-11,16-17,20-21,30-31,33,36-38H,12-15,18-19,22-29H2,1-6H3/t30-,36+,37+,38-/m1/s1. The molecule has 4 atom stereocenters. The fourth-order valence-electron chi connectivity index (χ4n) is 6.78. The smallest absolute Gasteiger partial charge is 0.410 e. The maximum absolute atomic E-state index is 14.5. The van der Waals surface area contributed by atoms with Gasteiger partial charge in [-0.2, -0.15) is 0 Å². The summed E-state index contributed by atoms with van der Waals surface area (Å²) in [6, 6.07) is 15.2. The van der Waals surface area contributed by atoms with E-state index in [-0.39, 0.29) is 18.9 Å². The molecule has 57 heavy (non-hydrogen) atoms. The molecule has 1 aliphatic heterocycles. The van der Waals surface area contributed by atoms with Crippen LogP contribution in [0.3, 0.4) is 0 Å². The molecule has 0 spiro atoms. The molecule has 0 bridgehead atoms. The molecule has 1 heterocycles. The quantitative estimate of drug-likeness (QED) is 0.121. The summed E-state index contributed by atoms with van der Waals surface area (Å²) in [6.07, 6.45) is 2.73. The third-order valence-electron chi connectivity index (χ3n) is 10.7. The number of anilines is 1. The maximum atomic E-state index is 14.5. The van der Waals surface area contributed by atoms with Crippen molar-refractivity contribution in [3.8, 4) is 0 Å². The lowest BCUT2D eigenvalue weighted by atomic mass is 10.0. The molecule has 3 aliphatic rings. The Balaban J connectivity index is 1.32. The van der Waals surface area contributed by atoms with Crippen molar-refractivity contribution in [2.45, 2.75) is 122 Å². The molecule has 3 fully saturated rings. The molecule has 2 aliphatic carbocycles. The van der Waals surface area contributed by atoms with E-state index in [0.717, 1.165) is 62.0 Å². The first kappa shape index (κ1) is 43.5. The van der Waals surface area contributed by atoms with Crippen molar-refractivity contribution < 1.29 is 47.7 Å². The Morgan fingerprint density at radius 1 is 0.772 bits per heavy atom. The van der Waals surface area contributed by atoms with Crippen LogP contribution in [0.5, 0.6) is 0 Å². The van der Waals surface area contributed by atoms with Crippen LogP contribution in [0.2, 0.25) is 0 Å². The third kappa shape index (κ3) is 13.8. The minimum Gasteiger partial charge on any atom is -0.458 e. The first-order chi connectivity index (χ1) is 27.2. The van der Waals surface area contributed by atoms with Gasteiger partial charge >= 0.3 is 24.0 Å². The second-order valence-electron chi connectivity index (χ2n) is 16.7. The third-order valence-corrected chi connectivity index (χ3v) is 10.7. The predicted octanol–water partition coefficient (Wildman–Crippen LogP) is 6.10. The fourth-order valence-corrected chi connectivity index (χ4v) is 6.78. The summed E-state index contributed by atoms with van der Waals surface area (Å²) in [5.74, 6) is -2.05. The van der Waals surface area contributed by atoms with Crippen molar-refractivity contribution in [3.63, 3.8) is 0 Å². The topological polar surface area (TPSA) is 141 Å². The van der Waals surface area contributed by atoms with E-state index in [0.29, 0.717) is 38.4 Å². The summed E-state index contributed by atoms with van der Waals surface area (Å²) in [5, 5.41) is 0. The van der Waals surface area contributed by atoms with Crippen LogP contribution in [0.1, 0.15) is 90.2 Å². The summed E-state index contributed by atoms with van der Waals surface area (Å²) < 4.78 is 28.2. The Labute approximate surface area is 337 Å². The summed E-state index contributed by atoms with van der Waals surface area (Å²) in [5.41, 5.74) is 2.03. The second-order valence-corrected chi connectivity index (χ2v) is 16.7. The molecule has 1 saturated heterocycles. The average Bonchev–Trinajstić information content (AvgIpc) is 4.14. The number of hydrogen-bond acceptors (Lipinski definition) is 11. The molecule has 2 saturated carbocycles. The summed E-state index contributed by atoms with van der Waals surface area (Å²) >= 11 is 0. The van der Waals surface area contributed by atoms with E-state index in [9.17, 15) is 24.0 Å². The molecule has 0 aromatic heterocycles. The van der Waals surface area contributed by atoms with Gasteiger partial charge in [0.15, 0.2) is 12.2 Å². The normalized spacial score (nSPS) is 17.7. The van der Waals surface area contributed by atoms with Crippen LogP contribution in [0.15, 0.2) is 54.6 Å². The molecule has 2 aromatic carbocycles. The van der Waals surface area contributed by atoms with Crippen molar-refractivity contribution in [3.05, 3.63) is 65.7 Å². The molecule has 0 N–H and O–H groups in total. The molecule has 2 amide bonds. The SMILES string of the molecule is C[C@@H](OC(=O)[C@H](CC1CC1)N(C)C(=O)[C@@H](CCc1ccc(N2CCOCC2)cc1)OC(=O)[C@H](CCC1CC1)N(C)C(=O)OC(C)(C)C)C(=O)OCc1ccccc1. The Kier molecular flexibility index (Phi) is 15.4. The number of hydrogen-bond donors (Lipinski definition) is 0. The van der Waals surface area contributed by atoms with Crippen molar-refractivity contribution >= 4 is 35.6 Å². The summed E-state index contributed by atoms with van der Waals surface area (Å²) in [4.78, 5) is 73.2. The van der Waals surface area contributed by atoms with Gasteiger partial charge in [0.2, 0.25) is 0 Å². The lowest BCUT2D eigenvalue weighted by molar-refractivity contribution is -0.174. The van der Waals surface area contributed by atoms with E-state index >= 15 is 0 Å². The largest absolute Gasteiger partial charge is 0.458 e. The van der Waals surface area contributed by atoms with Gasteiger partial charge in [-0.05, 0) is 94.9 Å². The molecular formula is C44H61N3O10. The van der Waals surface area contributed by atoms with Gasteiger partial charge in [-0.15, -0.1) is 0 Å². The number of benzene rings is 2. The van der Waals surface area contributed by atoms with Crippen LogP contribution in [0.4, 0.5) is 10.5 Å².